The van der Waals surface area contributed by atoms with Crippen molar-refractivity contribution in [2.75, 3.05) is 14.2 Å². The second-order valence-electron chi connectivity index (χ2n) is 4.43. The molecule has 0 unspecified atom stereocenters. The van der Waals surface area contributed by atoms with Crippen LogP contribution in [0, 0.1) is 5.92 Å². The number of benzene rings is 1. The maximum Gasteiger partial charge on any atom is 0.337 e. The lowest BCUT2D eigenvalue weighted by Crippen LogP contribution is -2.32. The lowest BCUT2D eigenvalue weighted by molar-refractivity contribution is -0.149. The van der Waals surface area contributed by atoms with Gasteiger partial charge in [0.05, 0.1) is 25.7 Å². The molecule has 0 amide bonds. The van der Waals surface area contributed by atoms with Gasteiger partial charge in [0.25, 0.3) is 0 Å². The van der Waals surface area contributed by atoms with E-state index < -0.39 is 0 Å². The summed E-state index contributed by atoms with van der Waals surface area (Å²) in [6.45, 7) is 0. The maximum atomic E-state index is 11.5. The van der Waals surface area contributed by atoms with E-state index in [1.54, 1.807) is 12.1 Å². The Balaban J connectivity index is 2.11. The van der Waals surface area contributed by atoms with E-state index in [-0.39, 0.29) is 23.8 Å². The van der Waals surface area contributed by atoms with Crippen LogP contribution in [0.3, 0.4) is 0 Å². The van der Waals surface area contributed by atoms with Crippen LogP contribution in [0.2, 0.25) is 0 Å². The molecule has 18 heavy (non-hydrogen) atoms. The van der Waals surface area contributed by atoms with Crippen LogP contribution in [-0.2, 0) is 14.3 Å². The van der Waals surface area contributed by atoms with Crippen LogP contribution >= 0.6 is 0 Å². The standard InChI is InChI=1S/C14H16O4/c1-17-13(15)10-5-3-9(4-6-10)11-7-8-12(11)14(16)18-2/h3-6,11-12H,7-8H2,1-2H3/t11-,12+/m0/s1. The zero-order valence-electron chi connectivity index (χ0n) is 10.5. The minimum atomic E-state index is -0.348. The van der Waals surface area contributed by atoms with Crippen molar-refractivity contribution in [2.24, 2.45) is 5.92 Å². The van der Waals surface area contributed by atoms with Gasteiger partial charge in [-0.1, -0.05) is 12.1 Å². The van der Waals surface area contributed by atoms with E-state index >= 15 is 0 Å². The SMILES string of the molecule is COC(=O)c1ccc([C@@H]2CC[C@H]2C(=O)OC)cc1. The van der Waals surface area contributed by atoms with Crippen LogP contribution in [0.25, 0.3) is 0 Å². The Morgan fingerprint density at radius 2 is 1.72 bits per heavy atom. The van der Waals surface area contributed by atoms with E-state index in [0.29, 0.717) is 5.56 Å². The first-order chi connectivity index (χ1) is 8.67. The minimum Gasteiger partial charge on any atom is -0.469 e. The molecule has 0 bridgehead atoms. The van der Waals surface area contributed by atoms with Crippen molar-refractivity contribution in [2.45, 2.75) is 18.8 Å². The number of carbonyl (C=O) groups excluding carboxylic acids is 2. The number of rotatable bonds is 3. The van der Waals surface area contributed by atoms with Crippen molar-refractivity contribution >= 4 is 11.9 Å². The molecule has 0 N–H and O–H groups in total. The first-order valence-electron chi connectivity index (χ1n) is 5.93. The summed E-state index contributed by atoms with van der Waals surface area (Å²) in [4.78, 5) is 22.8. The van der Waals surface area contributed by atoms with Crippen LogP contribution < -0.4 is 0 Å². The molecule has 0 heterocycles. The average molecular weight is 248 g/mol. The highest BCUT2D eigenvalue weighted by Gasteiger charge is 2.38. The molecule has 0 aliphatic heterocycles. The fourth-order valence-electron chi connectivity index (χ4n) is 2.32. The molecule has 1 aromatic carbocycles. The molecular weight excluding hydrogens is 232 g/mol. The highest BCUT2D eigenvalue weighted by molar-refractivity contribution is 5.89. The number of hydrogen-bond acceptors (Lipinski definition) is 4. The zero-order valence-corrected chi connectivity index (χ0v) is 10.5. The van der Waals surface area contributed by atoms with Gasteiger partial charge in [-0.15, -0.1) is 0 Å². The molecule has 4 nitrogen and oxygen atoms in total. The maximum absolute atomic E-state index is 11.5. The Labute approximate surface area is 106 Å². The number of ether oxygens (including phenoxy) is 2. The summed E-state index contributed by atoms with van der Waals surface area (Å²) in [7, 11) is 2.77. The highest BCUT2D eigenvalue weighted by Crippen LogP contribution is 2.43. The van der Waals surface area contributed by atoms with Gasteiger partial charge in [-0.3, -0.25) is 4.79 Å². The fraction of sp³-hybridized carbons (Fsp3) is 0.429. The molecule has 2 rings (SSSR count). The molecule has 0 saturated heterocycles. The molecule has 96 valence electrons. The Morgan fingerprint density at radius 3 is 2.17 bits per heavy atom. The van der Waals surface area contributed by atoms with Crippen LogP contribution in [0.1, 0.15) is 34.7 Å². The first kappa shape index (κ1) is 12.6. The van der Waals surface area contributed by atoms with Crippen molar-refractivity contribution in [1.82, 2.24) is 0 Å². The van der Waals surface area contributed by atoms with E-state index in [4.69, 9.17) is 4.74 Å². The monoisotopic (exact) mass is 248 g/mol. The highest BCUT2D eigenvalue weighted by atomic mass is 16.5. The summed E-state index contributed by atoms with van der Waals surface area (Å²) in [5.41, 5.74) is 1.60. The third kappa shape index (κ3) is 2.23. The largest absolute Gasteiger partial charge is 0.469 e. The van der Waals surface area contributed by atoms with Crippen molar-refractivity contribution < 1.29 is 19.1 Å². The molecule has 1 fully saturated rings. The smallest absolute Gasteiger partial charge is 0.337 e. The van der Waals surface area contributed by atoms with E-state index in [1.165, 1.54) is 14.2 Å². The van der Waals surface area contributed by atoms with Gasteiger partial charge in [-0.25, -0.2) is 4.79 Å². The van der Waals surface area contributed by atoms with E-state index in [2.05, 4.69) is 4.74 Å². The second kappa shape index (κ2) is 5.21. The van der Waals surface area contributed by atoms with Crippen LogP contribution in [-0.4, -0.2) is 26.2 Å². The van der Waals surface area contributed by atoms with Crippen molar-refractivity contribution in [1.29, 1.82) is 0 Å². The molecule has 1 aliphatic carbocycles. The van der Waals surface area contributed by atoms with Gasteiger partial charge in [0, 0.05) is 0 Å². The molecule has 1 saturated carbocycles. The van der Waals surface area contributed by atoms with Crippen molar-refractivity contribution in [3.63, 3.8) is 0 Å². The van der Waals surface area contributed by atoms with Gasteiger partial charge < -0.3 is 9.47 Å². The van der Waals surface area contributed by atoms with E-state index in [1.807, 2.05) is 12.1 Å². The fourth-order valence-corrected chi connectivity index (χ4v) is 2.32. The number of hydrogen-bond donors (Lipinski definition) is 0. The van der Waals surface area contributed by atoms with Gasteiger partial charge in [0.1, 0.15) is 0 Å². The molecule has 4 heteroatoms. The topological polar surface area (TPSA) is 52.6 Å². The summed E-state index contributed by atoms with van der Waals surface area (Å²) in [5.74, 6) is -0.328. The Bertz CT molecular complexity index is 449. The molecular formula is C14H16O4. The Hall–Kier alpha value is -1.84. The molecule has 1 aliphatic rings. The lowest BCUT2D eigenvalue weighted by atomic mass is 9.70. The lowest BCUT2D eigenvalue weighted by Gasteiger charge is -2.34. The average Bonchev–Trinajstić information content (AvgIpc) is 2.37. The normalized spacial score (nSPS) is 21.9. The van der Waals surface area contributed by atoms with E-state index in [9.17, 15) is 9.59 Å². The number of carbonyl (C=O) groups is 2. The molecule has 2 atom stereocenters. The number of esters is 2. The molecule has 0 spiro atoms. The van der Waals surface area contributed by atoms with Gasteiger partial charge in [0.2, 0.25) is 0 Å². The quantitative estimate of drug-likeness (QED) is 0.769. The summed E-state index contributed by atoms with van der Waals surface area (Å²) in [5, 5.41) is 0. The van der Waals surface area contributed by atoms with Crippen molar-refractivity contribution in [3.05, 3.63) is 35.4 Å². The van der Waals surface area contributed by atoms with Gasteiger partial charge in [-0.05, 0) is 36.5 Å². The Kier molecular flexibility index (Phi) is 3.65. The van der Waals surface area contributed by atoms with Crippen LogP contribution in [0.4, 0.5) is 0 Å². The summed E-state index contributed by atoms with van der Waals surface area (Å²) < 4.78 is 9.41. The van der Waals surface area contributed by atoms with Gasteiger partial charge in [0.15, 0.2) is 0 Å². The Morgan fingerprint density at radius 1 is 1.06 bits per heavy atom. The second-order valence-corrected chi connectivity index (χ2v) is 4.43. The molecule has 0 radical (unpaired) electrons. The predicted octanol–water partition coefficient (Wildman–Crippen LogP) is 2.14. The number of methoxy groups -OCH3 is 2. The van der Waals surface area contributed by atoms with Crippen LogP contribution in [0.15, 0.2) is 24.3 Å². The third-order valence-corrected chi connectivity index (χ3v) is 3.54. The van der Waals surface area contributed by atoms with E-state index in [0.717, 1.165) is 18.4 Å². The summed E-state index contributed by atoms with van der Waals surface area (Å²) in [6.07, 6.45) is 1.85. The molecule has 0 aromatic heterocycles. The minimum absolute atomic E-state index is 0.0426. The summed E-state index contributed by atoms with van der Waals surface area (Å²) in [6, 6.07) is 7.22. The zero-order chi connectivity index (χ0) is 13.1. The third-order valence-electron chi connectivity index (χ3n) is 3.54. The van der Waals surface area contributed by atoms with Crippen LogP contribution in [0.5, 0.6) is 0 Å². The molecule has 1 aromatic rings. The predicted molar refractivity (Wildman–Crippen MR) is 65.3 cm³/mol. The van der Waals surface area contributed by atoms with Crippen molar-refractivity contribution in [3.8, 4) is 0 Å². The first-order valence-corrected chi connectivity index (χ1v) is 5.93. The summed E-state index contributed by atoms with van der Waals surface area (Å²) >= 11 is 0. The van der Waals surface area contributed by atoms with Gasteiger partial charge in [-0.2, -0.15) is 0 Å². The van der Waals surface area contributed by atoms with Gasteiger partial charge >= 0.3 is 11.9 Å².